The molecule has 1 aromatic rings. The number of aromatic nitrogens is 1. The topological polar surface area (TPSA) is 25.2 Å². The first-order valence-corrected chi connectivity index (χ1v) is 7.56. The second-order valence-corrected chi connectivity index (χ2v) is 6.66. The summed E-state index contributed by atoms with van der Waals surface area (Å²) < 4.78 is 0. The van der Waals surface area contributed by atoms with Crippen LogP contribution in [0.15, 0.2) is 23.3 Å². The molecule has 2 heteroatoms. The van der Waals surface area contributed by atoms with Crippen LogP contribution in [0, 0.1) is 11.3 Å². The molecule has 1 aromatic heterocycles. The summed E-state index contributed by atoms with van der Waals surface area (Å²) in [5, 5.41) is 0. The van der Waals surface area contributed by atoms with Crippen molar-refractivity contribution in [2.75, 3.05) is 7.05 Å². The van der Waals surface area contributed by atoms with Crippen molar-refractivity contribution in [1.29, 1.82) is 0 Å². The van der Waals surface area contributed by atoms with Crippen LogP contribution < -0.4 is 0 Å². The van der Waals surface area contributed by atoms with Crippen LogP contribution >= 0.6 is 0 Å². The van der Waals surface area contributed by atoms with Crippen LogP contribution in [-0.4, -0.2) is 17.7 Å². The third-order valence-electron chi connectivity index (χ3n) is 4.67. The molecule has 20 heavy (non-hydrogen) atoms. The Bertz CT molecular complexity index is 536. The van der Waals surface area contributed by atoms with E-state index in [2.05, 4.69) is 55.9 Å². The van der Waals surface area contributed by atoms with Gasteiger partial charge in [-0.3, -0.25) is 9.98 Å². The summed E-state index contributed by atoms with van der Waals surface area (Å²) in [4.78, 5) is 9.18. The Morgan fingerprint density at radius 2 is 2.15 bits per heavy atom. The van der Waals surface area contributed by atoms with Gasteiger partial charge in [0.15, 0.2) is 0 Å². The molecule has 2 rings (SSSR count). The number of rotatable bonds is 4. The highest BCUT2D eigenvalue weighted by atomic mass is 14.8. The standard InChI is InChI=1S/C18H26N2/c1-13(2)18(3,4)12-16(19-5)17-15-9-7-6-8-14(15)10-11-20-17/h7,9-11,13H,6,8,12H2,1-5H3. The number of allylic oxidation sites excluding steroid dienone is 1. The van der Waals surface area contributed by atoms with E-state index in [9.17, 15) is 0 Å². The molecule has 1 heterocycles. The molecule has 0 saturated heterocycles. The maximum Gasteiger partial charge on any atom is 0.0914 e. The number of hydrogen-bond acceptors (Lipinski definition) is 2. The Balaban J connectivity index is 2.38. The fraction of sp³-hybridized carbons (Fsp3) is 0.556. The zero-order valence-corrected chi connectivity index (χ0v) is 13.4. The van der Waals surface area contributed by atoms with Gasteiger partial charge in [-0.25, -0.2) is 0 Å². The highest BCUT2D eigenvalue weighted by molar-refractivity contribution is 6.02. The van der Waals surface area contributed by atoms with Gasteiger partial charge in [-0.2, -0.15) is 0 Å². The zero-order chi connectivity index (χ0) is 14.8. The Kier molecular flexibility index (Phi) is 4.42. The molecule has 0 unspecified atom stereocenters. The van der Waals surface area contributed by atoms with Gasteiger partial charge in [0.25, 0.3) is 0 Å². The van der Waals surface area contributed by atoms with Gasteiger partial charge in [-0.1, -0.05) is 39.8 Å². The number of aliphatic imine (C=N–C) groups is 1. The van der Waals surface area contributed by atoms with E-state index in [4.69, 9.17) is 0 Å². The second-order valence-electron chi connectivity index (χ2n) is 6.66. The fourth-order valence-corrected chi connectivity index (χ4v) is 2.49. The number of nitrogens with zero attached hydrogens (tertiary/aromatic N) is 2. The van der Waals surface area contributed by atoms with Gasteiger partial charge in [0.2, 0.25) is 0 Å². The molecule has 0 fully saturated rings. The normalized spacial score (nSPS) is 15.6. The summed E-state index contributed by atoms with van der Waals surface area (Å²) in [6.07, 6.45) is 9.61. The lowest BCUT2D eigenvalue weighted by atomic mass is 9.76. The first kappa shape index (κ1) is 15.0. The van der Waals surface area contributed by atoms with Gasteiger partial charge in [0.1, 0.15) is 0 Å². The van der Waals surface area contributed by atoms with Crippen LogP contribution in [0.4, 0.5) is 0 Å². The number of pyridine rings is 1. The van der Waals surface area contributed by atoms with Crippen molar-refractivity contribution in [2.24, 2.45) is 16.3 Å². The molecule has 0 N–H and O–H groups in total. The SMILES string of the molecule is CN=C(CC(C)(C)C(C)C)c1nccc2c1C=CCC2. The second kappa shape index (κ2) is 5.90. The van der Waals surface area contributed by atoms with Gasteiger partial charge >= 0.3 is 0 Å². The average molecular weight is 270 g/mol. The van der Waals surface area contributed by atoms with Crippen LogP contribution in [0.5, 0.6) is 0 Å². The van der Waals surface area contributed by atoms with E-state index in [0.29, 0.717) is 5.92 Å². The maximum absolute atomic E-state index is 4.62. The monoisotopic (exact) mass is 270 g/mol. The Morgan fingerprint density at radius 1 is 1.40 bits per heavy atom. The summed E-state index contributed by atoms with van der Waals surface area (Å²) in [5.74, 6) is 0.620. The van der Waals surface area contributed by atoms with E-state index in [1.54, 1.807) is 0 Å². The highest BCUT2D eigenvalue weighted by Gasteiger charge is 2.26. The van der Waals surface area contributed by atoms with Crippen molar-refractivity contribution in [3.8, 4) is 0 Å². The molecule has 0 bridgehead atoms. The molecule has 1 aliphatic rings. The maximum atomic E-state index is 4.62. The Hall–Kier alpha value is -1.44. The molecule has 0 atom stereocenters. The van der Waals surface area contributed by atoms with E-state index in [-0.39, 0.29) is 5.41 Å². The summed E-state index contributed by atoms with van der Waals surface area (Å²) in [6.45, 7) is 9.18. The van der Waals surface area contributed by atoms with E-state index < -0.39 is 0 Å². The van der Waals surface area contributed by atoms with Gasteiger partial charge in [-0.05, 0) is 42.2 Å². The van der Waals surface area contributed by atoms with Crippen molar-refractivity contribution in [3.63, 3.8) is 0 Å². The van der Waals surface area contributed by atoms with Crippen LogP contribution in [0.1, 0.15) is 57.4 Å². The minimum Gasteiger partial charge on any atom is -0.291 e. The lowest BCUT2D eigenvalue weighted by molar-refractivity contribution is 0.261. The van der Waals surface area contributed by atoms with E-state index >= 15 is 0 Å². The first-order valence-electron chi connectivity index (χ1n) is 7.56. The Morgan fingerprint density at radius 3 is 2.80 bits per heavy atom. The van der Waals surface area contributed by atoms with Crippen molar-refractivity contribution in [1.82, 2.24) is 4.98 Å². The van der Waals surface area contributed by atoms with Gasteiger partial charge in [-0.15, -0.1) is 0 Å². The summed E-state index contributed by atoms with van der Waals surface area (Å²) in [5.41, 5.74) is 5.12. The minimum atomic E-state index is 0.234. The van der Waals surface area contributed by atoms with Gasteiger partial charge in [0.05, 0.1) is 11.4 Å². The van der Waals surface area contributed by atoms with E-state index in [1.807, 2.05) is 13.2 Å². The number of aryl methyl sites for hydroxylation is 1. The molecule has 1 aliphatic carbocycles. The smallest absolute Gasteiger partial charge is 0.0914 e. The third-order valence-corrected chi connectivity index (χ3v) is 4.67. The molecule has 0 aromatic carbocycles. The molecular weight excluding hydrogens is 244 g/mol. The van der Waals surface area contributed by atoms with Crippen molar-refractivity contribution in [3.05, 3.63) is 35.2 Å². The molecule has 0 amide bonds. The Labute approximate surface area is 123 Å². The molecular formula is C18H26N2. The van der Waals surface area contributed by atoms with Crippen LogP contribution in [0.2, 0.25) is 0 Å². The molecule has 2 nitrogen and oxygen atoms in total. The summed E-state index contributed by atoms with van der Waals surface area (Å²) in [7, 11) is 1.89. The van der Waals surface area contributed by atoms with Gasteiger partial charge in [0, 0.05) is 18.8 Å². The van der Waals surface area contributed by atoms with Crippen molar-refractivity contribution >= 4 is 11.8 Å². The summed E-state index contributed by atoms with van der Waals surface area (Å²) in [6, 6.07) is 2.14. The molecule has 0 radical (unpaired) electrons. The van der Waals surface area contributed by atoms with Crippen LogP contribution in [-0.2, 0) is 6.42 Å². The van der Waals surface area contributed by atoms with Crippen LogP contribution in [0.25, 0.3) is 6.08 Å². The predicted octanol–water partition coefficient (Wildman–Crippen LogP) is 4.53. The summed E-state index contributed by atoms with van der Waals surface area (Å²) >= 11 is 0. The van der Waals surface area contributed by atoms with Crippen molar-refractivity contribution in [2.45, 2.75) is 47.0 Å². The first-order chi connectivity index (χ1) is 9.45. The predicted molar refractivity (Wildman–Crippen MR) is 87.3 cm³/mol. The third kappa shape index (κ3) is 3.00. The molecule has 108 valence electrons. The molecule has 0 aliphatic heterocycles. The molecule has 0 saturated carbocycles. The minimum absolute atomic E-state index is 0.234. The fourth-order valence-electron chi connectivity index (χ4n) is 2.49. The highest BCUT2D eigenvalue weighted by Crippen LogP contribution is 2.33. The molecule has 0 spiro atoms. The lowest BCUT2D eigenvalue weighted by Gasteiger charge is -2.30. The largest absolute Gasteiger partial charge is 0.291 e. The number of hydrogen-bond donors (Lipinski definition) is 0. The quantitative estimate of drug-likeness (QED) is 0.738. The lowest BCUT2D eigenvalue weighted by Crippen LogP contribution is -2.25. The van der Waals surface area contributed by atoms with Gasteiger partial charge < -0.3 is 0 Å². The zero-order valence-electron chi connectivity index (χ0n) is 13.4. The van der Waals surface area contributed by atoms with E-state index in [0.717, 1.165) is 30.7 Å². The van der Waals surface area contributed by atoms with E-state index in [1.165, 1.54) is 11.1 Å². The number of fused-ring (bicyclic) bond motifs is 1. The average Bonchev–Trinajstić information content (AvgIpc) is 2.44. The van der Waals surface area contributed by atoms with Crippen molar-refractivity contribution < 1.29 is 0 Å². The van der Waals surface area contributed by atoms with Crippen LogP contribution in [0.3, 0.4) is 0 Å².